The summed E-state index contributed by atoms with van der Waals surface area (Å²) in [5, 5.41) is 12.7. The lowest BCUT2D eigenvalue weighted by Gasteiger charge is -2.31. The molecule has 4 nitrogen and oxygen atoms in total. The van der Waals surface area contributed by atoms with Gasteiger partial charge in [0.1, 0.15) is 5.54 Å². The van der Waals surface area contributed by atoms with Gasteiger partial charge in [-0.05, 0) is 59.2 Å². The third-order valence-electron chi connectivity index (χ3n) is 3.91. The standard InChI is InChI=1S/C15H32N2O2/c1-6-11-16-15(7-2,14(18)19)10-9-12-17(8-3)13(4)5/h13,16H,6-12H2,1-5H3,(H,18,19). The maximum absolute atomic E-state index is 11.6. The van der Waals surface area contributed by atoms with Crippen LogP contribution >= 0.6 is 0 Å². The first-order chi connectivity index (χ1) is 8.93. The van der Waals surface area contributed by atoms with Gasteiger partial charge in [0.25, 0.3) is 0 Å². The third kappa shape index (κ3) is 5.91. The van der Waals surface area contributed by atoms with E-state index in [1.807, 2.05) is 6.92 Å². The normalized spacial score (nSPS) is 14.9. The summed E-state index contributed by atoms with van der Waals surface area (Å²) in [5.41, 5.74) is -0.744. The summed E-state index contributed by atoms with van der Waals surface area (Å²) >= 11 is 0. The topological polar surface area (TPSA) is 52.6 Å². The molecule has 0 saturated carbocycles. The zero-order valence-electron chi connectivity index (χ0n) is 13.3. The fraction of sp³-hybridized carbons (Fsp3) is 0.933. The largest absolute Gasteiger partial charge is 0.480 e. The number of carboxylic acids is 1. The SMILES string of the molecule is CCCNC(CC)(CCCN(CC)C(C)C)C(=O)O. The zero-order chi connectivity index (χ0) is 14.9. The van der Waals surface area contributed by atoms with Crippen LogP contribution in [0.2, 0.25) is 0 Å². The Hall–Kier alpha value is -0.610. The fourth-order valence-electron chi connectivity index (χ4n) is 2.45. The molecule has 0 aromatic heterocycles. The van der Waals surface area contributed by atoms with Crippen molar-refractivity contribution in [1.82, 2.24) is 10.2 Å². The Balaban J connectivity index is 4.45. The summed E-state index contributed by atoms with van der Waals surface area (Å²) in [5.74, 6) is -0.712. The predicted molar refractivity (Wildman–Crippen MR) is 80.6 cm³/mol. The Labute approximate surface area is 118 Å². The summed E-state index contributed by atoms with van der Waals surface area (Å²) in [4.78, 5) is 13.9. The highest BCUT2D eigenvalue weighted by Crippen LogP contribution is 2.19. The van der Waals surface area contributed by atoms with Crippen LogP contribution in [0, 0.1) is 0 Å². The molecular formula is C15H32N2O2. The first kappa shape index (κ1) is 18.4. The molecule has 0 fully saturated rings. The first-order valence-corrected chi connectivity index (χ1v) is 7.66. The Morgan fingerprint density at radius 3 is 2.32 bits per heavy atom. The quantitative estimate of drug-likeness (QED) is 0.607. The maximum Gasteiger partial charge on any atom is 0.323 e. The summed E-state index contributed by atoms with van der Waals surface area (Å²) < 4.78 is 0. The van der Waals surface area contributed by atoms with Crippen LogP contribution in [-0.4, -0.2) is 47.2 Å². The Kier molecular flexibility index (Phi) is 9.02. The van der Waals surface area contributed by atoms with Crippen molar-refractivity contribution in [3.8, 4) is 0 Å². The fourth-order valence-corrected chi connectivity index (χ4v) is 2.45. The minimum Gasteiger partial charge on any atom is -0.480 e. The second-order valence-corrected chi connectivity index (χ2v) is 5.49. The van der Waals surface area contributed by atoms with Crippen LogP contribution in [0.5, 0.6) is 0 Å². The molecule has 0 aromatic rings. The Morgan fingerprint density at radius 1 is 1.32 bits per heavy atom. The summed E-state index contributed by atoms with van der Waals surface area (Å²) in [6.45, 7) is 13.3. The molecule has 0 radical (unpaired) electrons. The molecule has 2 N–H and O–H groups in total. The van der Waals surface area contributed by atoms with Gasteiger partial charge in [0, 0.05) is 6.04 Å². The van der Waals surface area contributed by atoms with E-state index in [1.54, 1.807) is 0 Å². The average Bonchev–Trinajstić information content (AvgIpc) is 2.37. The van der Waals surface area contributed by atoms with E-state index in [-0.39, 0.29) is 0 Å². The van der Waals surface area contributed by atoms with Crippen molar-refractivity contribution in [3.05, 3.63) is 0 Å². The highest BCUT2D eigenvalue weighted by molar-refractivity contribution is 5.78. The average molecular weight is 272 g/mol. The Bertz CT molecular complexity index is 257. The van der Waals surface area contributed by atoms with E-state index in [9.17, 15) is 9.90 Å². The van der Waals surface area contributed by atoms with E-state index in [1.165, 1.54) is 0 Å². The van der Waals surface area contributed by atoms with Crippen LogP contribution in [0.1, 0.15) is 60.3 Å². The van der Waals surface area contributed by atoms with Gasteiger partial charge in [-0.15, -0.1) is 0 Å². The van der Waals surface area contributed by atoms with E-state index >= 15 is 0 Å². The van der Waals surface area contributed by atoms with Gasteiger partial charge in [0.15, 0.2) is 0 Å². The lowest BCUT2D eigenvalue weighted by Crippen LogP contribution is -2.52. The predicted octanol–water partition coefficient (Wildman–Crippen LogP) is 2.73. The van der Waals surface area contributed by atoms with Gasteiger partial charge in [-0.1, -0.05) is 20.8 Å². The Morgan fingerprint density at radius 2 is 1.95 bits per heavy atom. The van der Waals surface area contributed by atoms with E-state index in [0.717, 1.165) is 32.5 Å². The molecule has 0 saturated heterocycles. The van der Waals surface area contributed by atoms with E-state index in [0.29, 0.717) is 18.9 Å². The minimum absolute atomic E-state index is 0.523. The van der Waals surface area contributed by atoms with Crippen LogP contribution in [-0.2, 0) is 4.79 Å². The highest BCUT2D eigenvalue weighted by atomic mass is 16.4. The molecule has 0 amide bonds. The number of rotatable bonds is 11. The summed E-state index contributed by atoms with van der Waals surface area (Å²) in [6, 6.07) is 0.523. The molecule has 0 aliphatic rings. The number of carbonyl (C=O) groups is 1. The molecule has 1 atom stereocenters. The van der Waals surface area contributed by atoms with Crippen LogP contribution in [0.4, 0.5) is 0 Å². The lowest BCUT2D eigenvalue weighted by molar-refractivity contribution is -0.145. The molecule has 0 aliphatic carbocycles. The second-order valence-electron chi connectivity index (χ2n) is 5.49. The number of hydrogen-bond donors (Lipinski definition) is 2. The molecule has 0 heterocycles. The molecule has 0 bridgehead atoms. The minimum atomic E-state index is -0.744. The monoisotopic (exact) mass is 272 g/mol. The molecule has 19 heavy (non-hydrogen) atoms. The van der Waals surface area contributed by atoms with Gasteiger partial charge in [0.2, 0.25) is 0 Å². The van der Waals surface area contributed by atoms with Gasteiger partial charge >= 0.3 is 5.97 Å². The van der Waals surface area contributed by atoms with E-state index in [2.05, 4.69) is 37.9 Å². The molecule has 1 unspecified atom stereocenters. The van der Waals surface area contributed by atoms with Gasteiger partial charge < -0.3 is 15.3 Å². The smallest absolute Gasteiger partial charge is 0.323 e. The van der Waals surface area contributed by atoms with Gasteiger partial charge in [-0.2, -0.15) is 0 Å². The van der Waals surface area contributed by atoms with Crippen molar-refractivity contribution in [2.24, 2.45) is 0 Å². The second kappa shape index (κ2) is 9.32. The van der Waals surface area contributed by atoms with Gasteiger partial charge in [-0.25, -0.2) is 0 Å². The molecule has 0 aliphatic heterocycles. The molecule has 0 spiro atoms. The van der Waals surface area contributed by atoms with E-state index in [4.69, 9.17) is 0 Å². The van der Waals surface area contributed by atoms with Crippen molar-refractivity contribution in [1.29, 1.82) is 0 Å². The van der Waals surface area contributed by atoms with E-state index < -0.39 is 11.5 Å². The highest BCUT2D eigenvalue weighted by Gasteiger charge is 2.35. The van der Waals surface area contributed by atoms with Crippen LogP contribution in [0.25, 0.3) is 0 Å². The third-order valence-corrected chi connectivity index (χ3v) is 3.91. The number of carboxylic acid groups (broad SMARTS) is 1. The maximum atomic E-state index is 11.6. The molecule has 0 rings (SSSR count). The zero-order valence-corrected chi connectivity index (χ0v) is 13.3. The van der Waals surface area contributed by atoms with Crippen LogP contribution in [0.3, 0.4) is 0 Å². The number of nitrogens with one attached hydrogen (secondary N) is 1. The van der Waals surface area contributed by atoms with Gasteiger partial charge in [-0.3, -0.25) is 4.79 Å². The number of hydrogen-bond acceptors (Lipinski definition) is 3. The van der Waals surface area contributed by atoms with Crippen molar-refractivity contribution >= 4 is 5.97 Å². The number of aliphatic carboxylic acids is 1. The molecule has 114 valence electrons. The molecular weight excluding hydrogens is 240 g/mol. The van der Waals surface area contributed by atoms with Crippen molar-refractivity contribution in [3.63, 3.8) is 0 Å². The first-order valence-electron chi connectivity index (χ1n) is 7.66. The summed E-state index contributed by atoms with van der Waals surface area (Å²) in [6.07, 6.45) is 3.21. The van der Waals surface area contributed by atoms with Crippen LogP contribution < -0.4 is 5.32 Å². The van der Waals surface area contributed by atoms with Gasteiger partial charge in [0.05, 0.1) is 0 Å². The number of nitrogens with zero attached hydrogens (tertiary/aromatic N) is 1. The van der Waals surface area contributed by atoms with Crippen molar-refractivity contribution in [2.75, 3.05) is 19.6 Å². The lowest BCUT2D eigenvalue weighted by atomic mass is 9.90. The molecule has 0 aromatic carbocycles. The van der Waals surface area contributed by atoms with Crippen molar-refractivity contribution < 1.29 is 9.90 Å². The van der Waals surface area contributed by atoms with Crippen molar-refractivity contribution in [2.45, 2.75) is 71.9 Å². The van der Waals surface area contributed by atoms with Crippen LogP contribution in [0.15, 0.2) is 0 Å². The summed E-state index contributed by atoms with van der Waals surface area (Å²) in [7, 11) is 0. The molecule has 4 heteroatoms.